The Hall–Kier alpha value is -0.970. The zero-order valence-corrected chi connectivity index (χ0v) is 8.06. The molecule has 0 amide bonds. The number of aromatic amines is 1. The van der Waals surface area contributed by atoms with Crippen molar-refractivity contribution in [1.29, 1.82) is 0 Å². The lowest BCUT2D eigenvalue weighted by molar-refractivity contribution is 0.272. The Morgan fingerprint density at radius 1 is 1.54 bits per heavy atom. The van der Waals surface area contributed by atoms with E-state index in [0.717, 1.165) is 25.3 Å². The lowest BCUT2D eigenvalue weighted by Gasteiger charge is -2.19. The van der Waals surface area contributed by atoms with Gasteiger partial charge in [0.05, 0.1) is 0 Å². The van der Waals surface area contributed by atoms with E-state index in [1.54, 1.807) is 0 Å². The highest BCUT2D eigenvalue weighted by Gasteiger charge is 2.27. The summed E-state index contributed by atoms with van der Waals surface area (Å²) >= 11 is 0. The third-order valence-corrected chi connectivity index (χ3v) is 2.68. The van der Waals surface area contributed by atoms with Gasteiger partial charge in [-0.15, -0.1) is 10.2 Å². The van der Waals surface area contributed by atoms with Gasteiger partial charge in [0.2, 0.25) is 0 Å². The van der Waals surface area contributed by atoms with Crippen LogP contribution in [0, 0.1) is 0 Å². The van der Waals surface area contributed by atoms with Crippen LogP contribution in [-0.4, -0.2) is 44.7 Å². The van der Waals surface area contributed by atoms with Crippen molar-refractivity contribution in [1.82, 2.24) is 25.5 Å². The summed E-state index contributed by atoms with van der Waals surface area (Å²) in [5, 5.41) is 14.1. The SMILES string of the molecule is CC(C)N1CCC(c2nn[nH]n2)C1. The van der Waals surface area contributed by atoms with E-state index in [1.165, 1.54) is 0 Å². The van der Waals surface area contributed by atoms with Crippen LogP contribution in [0.3, 0.4) is 0 Å². The molecule has 0 bridgehead atoms. The molecule has 1 aliphatic heterocycles. The Morgan fingerprint density at radius 2 is 2.38 bits per heavy atom. The molecule has 1 saturated heterocycles. The van der Waals surface area contributed by atoms with Gasteiger partial charge in [0.1, 0.15) is 0 Å². The maximum atomic E-state index is 4.02. The van der Waals surface area contributed by atoms with Crippen molar-refractivity contribution in [3.63, 3.8) is 0 Å². The highest BCUT2D eigenvalue weighted by atomic mass is 15.5. The second-order valence-corrected chi connectivity index (χ2v) is 3.84. The predicted octanol–water partition coefficient (Wildman–Crippen LogP) is 0.397. The largest absolute Gasteiger partial charge is 0.300 e. The molecule has 0 aliphatic carbocycles. The van der Waals surface area contributed by atoms with Crippen molar-refractivity contribution < 1.29 is 0 Å². The fourth-order valence-corrected chi connectivity index (χ4v) is 1.81. The fourth-order valence-electron chi connectivity index (χ4n) is 1.81. The van der Waals surface area contributed by atoms with Gasteiger partial charge in [-0.2, -0.15) is 5.21 Å². The van der Waals surface area contributed by atoms with Gasteiger partial charge in [0.25, 0.3) is 0 Å². The van der Waals surface area contributed by atoms with Gasteiger partial charge in [0, 0.05) is 18.5 Å². The van der Waals surface area contributed by atoms with Crippen LogP contribution in [0.25, 0.3) is 0 Å². The third kappa shape index (κ3) is 1.70. The molecule has 1 aromatic rings. The summed E-state index contributed by atoms with van der Waals surface area (Å²) in [5.74, 6) is 1.34. The minimum absolute atomic E-state index is 0.473. The highest BCUT2D eigenvalue weighted by molar-refractivity contribution is 4.97. The van der Waals surface area contributed by atoms with Crippen LogP contribution in [0.2, 0.25) is 0 Å². The minimum atomic E-state index is 0.473. The molecule has 0 aromatic carbocycles. The van der Waals surface area contributed by atoms with E-state index in [2.05, 4.69) is 39.4 Å². The fraction of sp³-hybridized carbons (Fsp3) is 0.875. The molecule has 1 fully saturated rings. The quantitative estimate of drug-likeness (QED) is 0.717. The summed E-state index contributed by atoms with van der Waals surface area (Å²) in [5.41, 5.74) is 0. The Morgan fingerprint density at radius 3 is 2.92 bits per heavy atom. The first kappa shape index (κ1) is 8.62. The van der Waals surface area contributed by atoms with E-state index in [4.69, 9.17) is 0 Å². The Balaban J connectivity index is 1.99. The monoisotopic (exact) mass is 181 g/mol. The molecule has 0 radical (unpaired) electrons. The number of H-pyrrole nitrogens is 1. The number of nitrogens with zero attached hydrogens (tertiary/aromatic N) is 4. The minimum Gasteiger partial charge on any atom is -0.300 e. The molecular weight excluding hydrogens is 166 g/mol. The zero-order chi connectivity index (χ0) is 9.26. The summed E-state index contributed by atoms with van der Waals surface area (Å²) in [6.45, 7) is 6.66. The van der Waals surface area contributed by atoms with Gasteiger partial charge in [-0.1, -0.05) is 5.21 Å². The normalized spacial score (nSPS) is 24.4. The predicted molar refractivity (Wildman–Crippen MR) is 48.2 cm³/mol. The number of hydrogen-bond acceptors (Lipinski definition) is 4. The van der Waals surface area contributed by atoms with Gasteiger partial charge in [-0.25, -0.2) is 0 Å². The first-order valence-corrected chi connectivity index (χ1v) is 4.74. The first-order valence-electron chi connectivity index (χ1n) is 4.74. The molecule has 1 N–H and O–H groups in total. The highest BCUT2D eigenvalue weighted by Crippen LogP contribution is 2.24. The van der Waals surface area contributed by atoms with Gasteiger partial charge in [-0.3, -0.25) is 0 Å². The van der Waals surface area contributed by atoms with Gasteiger partial charge in [-0.05, 0) is 26.8 Å². The molecule has 1 atom stereocenters. The summed E-state index contributed by atoms with van der Waals surface area (Å²) < 4.78 is 0. The van der Waals surface area contributed by atoms with Crippen LogP contribution >= 0.6 is 0 Å². The number of aromatic nitrogens is 4. The van der Waals surface area contributed by atoms with Crippen molar-refractivity contribution in [3.8, 4) is 0 Å². The molecule has 72 valence electrons. The van der Waals surface area contributed by atoms with E-state index in [0.29, 0.717) is 12.0 Å². The van der Waals surface area contributed by atoms with Gasteiger partial charge >= 0.3 is 0 Å². The molecule has 1 aromatic heterocycles. The van der Waals surface area contributed by atoms with Crippen LogP contribution in [0.4, 0.5) is 0 Å². The molecule has 5 nitrogen and oxygen atoms in total. The van der Waals surface area contributed by atoms with E-state index >= 15 is 0 Å². The van der Waals surface area contributed by atoms with Crippen molar-refractivity contribution >= 4 is 0 Å². The average molecular weight is 181 g/mol. The van der Waals surface area contributed by atoms with Crippen LogP contribution in [0.5, 0.6) is 0 Å². The third-order valence-electron chi connectivity index (χ3n) is 2.68. The molecule has 2 heterocycles. The summed E-state index contributed by atoms with van der Waals surface area (Å²) in [6, 6.07) is 0.622. The molecule has 0 spiro atoms. The average Bonchev–Trinajstić information content (AvgIpc) is 2.75. The molecular formula is C8H15N5. The van der Waals surface area contributed by atoms with Crippen LogP contribution in [0.15, 0.2) is 0 Å². The molecule has 2 rings (SSSR count). The maximum Gasteiger partial charge on any atom is 0.178 e. The number of likely N-dealkylation sites (tertiary alicyclic amines) is 1. The van der Waals surface area contributed by atoms with Crippen molar-refractivity contribution in [2.45, 2.75) is 32.2 Å². The van der Waals surface area contributed by atoms with Crippen molar-refractivity contribution in [2.24, 2.45) is 0 Å². The van der Waals surface area contributed by atoms with Gasteiger partial charge < -0.3 is 4.90 Å². The van der Waals surface area contributed by atoms with Crippen molar-refractivity contribution in [2.75, 3.05) is 13.1 Å². The van der Waals surface area contributed by atoms with Crippen LogP contribution in [0.1, 0.15) is 32.0 Å². The van der Waals surface area contributed by atoms with E-state index in [-0.39, 0.29) is 0 Å². The molecule has 5 heteroatoms. The number of hydrogen-bond donors (Lipinski definition) is 1. The first-order chi connectivity index (χ1) is 6.27. The second-order valence-electron chi connectivity index (χ2n) is 3.84. The molecule has 1 unspecified atom stereocenters. The topological polar surface area (TPSA) is 57.7 Å². The second kappa shape index (κ2) is 3.41. The zero-order valence-electron chi connectivity index (χ0n) is 8.06. The van der Waals surface area contributed by atoms with Crippen LogP contribution < -0.4 is 0 Å². The Kier molecular flexibility index (Phi) is 2.26. The Labute approximate surface area is 77.5 Å². The standard InChI is InChI=1S/C8H15N5/c1-6(2)13-4-3-7(5-13)8-9-11-12-10-8/h6-7H,3-5H2,1-2H3,(H,9,10,11,12). The summed E-state index contributed by atoms with van der Waals surface area (Å²) in [4.78, 5) is 2.45. The molecule has 0 saturated carbocycles. The number of tetrazole rings is 1. The van der Waals surface area contributed by atoms with Crippen molar-refractivity contribution in [3.05, 3.63) is 5.82 Å². The molecule has 13 heavy (non-hydrogen) atoms. The maximum absolute atomic E-state index is 4.02. The lowest BCUT2D eigenvalue weighted by atomic mass is 10.1. The summed E-state index contributed by atoms with van der Waals surface area (Å²) in [7, 11) is 0. The van der Waals surface area contributed by atoms with Gasteiger partial charge in [0.15, 0.2) is 5.82 Å². The molecule has 1 aliphatic rings. The van der Waals surface area contributed by atoms with E-state index in [9.17, 15) is 0 Å². The Bertz CT molecular complexity index is 256. The summed E-state index contributed by atoms with van der Waals surface area (Å²) in [6.07, 6.45) is 1.15. The number of rotatable bonds is 2. The van der Waals surface area contributed by atoms with Crippen LogP contribution in [-0.2, 0) is 0 Å². The smallest absolute Gasteiger partial charge is 0.178 e. The number of nitrogens with one attached hydrogen (secondary N) is 1. The van der Waals surface area contributed by atoms with E-state index in [1.807, 2.05) is 0 Å². The van der Waals surface area contributed by atoms with E-state index < -0.39 is 0 Å². The lowest BCUT2D eigenvalue weighted by Crippen LogP contribution is -2.28.